The molecule has 0 spiro atoms. The molecule has 1 aliphatic rings. The maximum atomic E-state index is 12.2. The molecule has 0 aromatic carbocycles. The van der Waals surface area contributed by atoms with Crippen LogP contribution < -0.4 is 5.32 Å². The number of amides is 1. The van der Waals surface area contributed by atoms with E-state index in [1.165, 1.54) is 0 Å². The maximum absolute atomic E-state index is 12.2. The van der Waals surface area contributed by atoms with E-state index >= 15 is 0 Å². The zero-order valence-corrected chi connectivity index (χ0v) is 13.8. The maximum Gasteiger partial charge on any atom is 0.261 e. The Balaban J connectivity index is 1.81. The predicted octanol–water partition coefficient (Wildman–Crippen LogP) is 2.25. The lowest BCUT2D eigenvalue weighted by Gasteiger charge is -2.32. The Morgan fingerprint density at radius 2 is 2.17 bits per heavy atom. The van der Waals surface area contributed by atoms with Crippen LogP contribution in [0.1, 0.15) is 33.0 Å². The van der Waals surface area contributed by atoms with Gasteiger partial charge in [-0.25, -0.2) is 4.98 Å². The largest absolute Gasteiger partial charge is 0.364 e. The molecule has 23 heavy (non-hydrogen) atoms. The van der Waals surface area contributed by atoms with Gasteiger partial charge in [-0.2, -0.15) is 4.98 Å². The van der Waals surface area contributed by atoms with E-state index in [-0.39, 0.29) is 17.5 Å². The second-order valence-electron chi connectivity index (χ2n) is 6.77. The summed E-state index contributed by atoms with van der Waals surface area (Å²) in [6, 6.07) is 3.71. The van der Waals surface area contributed by atoms with Crippen molar-refractivity contribution < 1.29 is 9.32 Å². The van der Waals surface area contributed by atoms with E-state index in [1.807, 2.05) is 37.8 Å². The van der Waals surface area contributed by atoms with Gasteiger partial charge in [-0.05, 0) is 39.8 Å². The lowest BCUT2D eigenvalue weighted by atomic mass is 10.1. The molecule has 2 aromatic rings. The number of nitrogens with zero attached hydrogens (tertiary/aromatic N) is 4. The zero-order chi connectivity index (χ0) is 16.6. The van der Waals surface area contributed by atoms with Crippen LogP contribution in [-0.2, 0) is 4.79 Å². The number of aryl methyl sites for hydroxylation is 1. The summed E-state index contributed by atoms with van der Waals surface area (Å²) in [7, 11) is 0. The smallest absolute Gasteiger partial charge is 0.261 e. The summed E-state index contributed by atoms with van der Waals surface area (Å²) in [5, 5.41) is 7.17. The third-order valence-electron chi connectivity index (χ3n) is 3.84. The molecule has 1 saturated heterocycles. The van der Waals surface area contributed by atoms with Crippen molar-refractivity contribution >= 4 is 11.7 Å². The summed E-state index contributed by atoms with van der Waals surface area (Å²) in [5.74, 6) is 1.81. The number of carbonyl (C=O) groups excluding carboxylic acids is 1. The summed E-state index contributed by atoms with van der Waals surface area (Å²) in [5.41, 5.74) is 0.569. The standard InChI is InChI=1S/C16H21N5O2/c1-10-18-15(23-20-10)12-6-5-7-17-14(12)19-11-8-13(22)21(9-11)16(2,3)4/h5-7,11H,8-9H2,1-4H3,(H,17,19). The number of hydrogen-bond acceptors (Lipinski definition) is 6. The molecule has 1 N–H and O–H groups in total. The van der Waals surface area contributed by atoms with Crippen molar-refractivity contribution in [2.24, 2.45) is 0 Å². The first kappa shape index (κ1) is 15.5. The van der Waals surface area contributed by atoms with Crippen LogP contribution in [0.2, 0.25) is 0 Å². The van der Waals surface area contributed by atoms with E-state index < -0.39 is 0 Å². The fourth-order valence-electron chi connectivity index (χ4n) is 2.75. The highest BCUT2D eigenvalue weighted by molar-refractivity contribution is 5.81. The molecule has 3 heterocycles. The second kappa shape index (κ2) is 5.64. The van der Waals surface area contributed by atoms with Crippen LogP contribution in [0.15, 0.2) is 22.9 Å². The van der Waals surface area contributed by atoms with E-state index in [1.54, 1.807) is 13.1 Å². The van der Waals surface area contributed by atoms with Gasteiger partial charge in [0.1, 0.15) is 5.82 Å². The zero-order valence-electron chi connectivity index (χ0n) is 13.8. The third kappa shape index (κ3) is 3.18. The van der Waals surface area contributed by atoms with Gasteiger partial charge >= 0.3 is 0 Å². The Bertz CT molecular complexity index is 719. The minimum Gasteiger partial charge on any atom is -0.364 e. The first-order valence-corrected chi connectivity index (χ1v) is 7.67. The Kier molecular flexibility index (Phi) is 3.79. The summed E-state index contributed by atoms with van der Waals surface area (Å²) in [6.45, 7) is 8.55. The van der Waals surface area contributed by atoms with Crippen LogP contribution in [0.4, 0.5) is 5.82 Å². The second-order valence-corrected chi connectivity index (χ2v) is 6.77. The number of hydrogen-bond donors (Lipinski definition) is 1. The molecule has 7 nitrogen and oxygen atoms in total. The van der Waals surface area contributed by atoms with Gasteiger partial charge in [-0.15, -0.1) is 0 Å². The topological polar surface area (TPSA) is 84.2 Å². The monoisotopic (exact) mass is 315 g/mol. The number of likely N-dealkylation sites (tertiary alicyclic amines) is 1. The summed E-state index contributed by atoms with van der Waals surface area (Å²) in [4.78, 5) is 22.7. The molecule has 122 valence electrons. The average molecular weight is 315 g/mol. The number of anilines is 1. The van der Waals surface area contributed by atoms with E-state index in [2.05, 4.69) is 20.4 Å². The Morgan fingerprint density at radius 3 is 2.78 bits per heavy atom. The van der Waals surface area contributed by atoms with Gasteiger partial charge in [0.25, 0.3) is 5.89 Å². The molecule has 0 radical (unpaired) electrons. The summed E-state index contributed by atoms with van der Waals surface area (Å²) in [6.07, 6.45) is 2.16. The van der Waals surface area contributed by atoms with Crippen LogP contribution in [-0.4, -0.2) is 44.1 Å². The highest BCUT2D eigenvalue weighted by Gasteiger charge is 2.36. The van der Waals surface area contributed by atoms with Crippen LogP contribution in [0.25, 0.3) is 11.5 Å². The van der Waals surface area contributed by atoms with Gasteiger partial charge in [0.2, 0.25) is 5.91 Å². The molecule has 3 rings (SSSR count). The van der Waals surface area contributed by atoms with Gasteiger partial charge < -0.3 is 14.7 Å². The number of aromatic nitrogens is 3. The van der Waals surface area contributed by atoms with Gasteiger partial charge in [0, 0.05) is 24.7 Å². The molecule has 2 aromatic heterocycles. The number of nitrogens with one attached hydrogen (secondary N) is 1. The first-order chi connectivity index (χ1) is 10.8. The quantitative estimate of drug-likeness (QED) is 0.935. The summed E-state index contributed by atoms with van der Waals surface area (Å²) < 4.78 is 5.23. The Hall–Kier alpha value is -2.44. The molecular weight excluding hydrogens is 294 g/mol. The Labute approximate surface area is 135 Å². The van der Waals surface area contributed by atoms with Gasteiger partial charge in [-0.1, -0.05) is 5.16 Å². The van der Waals surface area contributed by atoms with Crippen LogP contribution in [0.3, 0.4) is 0 Å². The number of carbonyl (C=O) groups is 1. The van der Waals surface area contributed by atoms with Crippen LogP contribution in [0.5, 0.6) is 0 Å². The minimum atomic E-state index is -0.177. The van der Waals surface area contributed by atoms with Crippen molar-refractivity contribution in [3.05, 3.63) is 24.2 Å². The van der Waals surface area contributed by atoms with Crippen LogP contribution in [0, 0.1) is 6.92 Å². The molecule has 1 fully saturated rings. The van der Waals surface area contributed by atoms with Crippen molar-refractivity contribution in [3.8, 4) is 11.5 Å². The van der Waals surface area contributed by atoms with Crippen molar-refractivity contribution in [2.75, 3.05) is 11.9 Å². The number of pyridine rings is 1. The molecule has 1 aliphatic heterocycles. The molecule has 0 bridgehead atoms. The highest BCUT2D eigenvalue weighted by Crippen LogP contribution is 2.28. The van der Waals surface area contributed by atoms with Crippen LogP contribution >= 0.6 is 0 Å². The molecule has 1 unspecified atom stereocenters. The lowest BCUT2D eigenvalue weighted by molar-refractivity contribution is -0.131. The minimum absolute atomic E-state index is 0.0133. The van der Waals surface area contributed by atoms with Crippen molar-refractivity contribution in [1.82, 2.24) is 20.0 Å². The first-order valence-electron chi connectivity index (χ1n) is 7.67. The summed E-state index contributed by atoms with van der Waals surface area (Å²) >= 11 is 0. The van der Waals surface area contributed by atoms with Gasteiger partial charge in [-0.3, -0.25) is 4.79 Å². The molecular formula is C16H21N5O2. The van der Waals surface area contributed by atoms with E-state index in [0.717, 1.165) is 5.56 Å². The van der Waals surface area contributed by atoms with Crippen molar-refractivity contribution in [3.63, 3.8) is 0 Å². The van der Waals surface area contributed by atoms with E-state index in [9.17, 15) is 4.79 Å². The normalized spacial score (nSPS) is 18.5. The van der Waals surface area contributed by atoms with E-state index in [0.29, 0.717) is 30.5 Å². The van der Waals surface area contributed by atoms with Crippen molar-refractivity contribution in [1.29, 1.82) is 0 Å². The number of rotatable bonds is 3. The van der Waals surface area contributed by atoms with E-state index in [4.69, 9.17) is 4.52 Å². The van der Waals surface area contributed by atoms with Gasteiger partial charge in [0.05, 0.1) is 11.6 Å². The fraction of sp³-hybridized carbons (Fsp3) is 0.500. The lowest BCUT2D eigenvalue weighted by Crippen LogP contribution is -2.43. The average Bonchev–Trinajstić information content (AvgIpc) is 3.05. The predicted molar refractivity (Wildman–Crippen MR) is 85.8 cm³/mol. The molecule has 1 amide bonds. The molecule has 0 aliphatic carbocycles. The molecule has 1 atom stereocenters. The van der Waals surface area contributed by atoms with Crippen molar-refractivity contribution in [2.45, 2.75) is 45.7 Å². The van der Waals surface area contributed by atoms with Gasteiger partial charge in [0.15, 0.2) is 5.82 Å². The third-order valence-corrected chi connectivity index (χ3v) is 3.84. The molecule has 7 heteroatoms. The highest BCUT2D eigenvalue weighted by atomic mass is 16.5. The Morgan fingerprint density at radius 1 is 1.39 bits per heavy atom. The SMILES string of the molecule is Cc1noc(-c2cccnc2NC2CC(=O)N(C(C)(C)C)C2)n1. The fourth-order valence-corrected chi connectivity index (χ4v) is 2.75. The molecule has 0 saturated carbocycles.